The molecule has 350 valence electrons. The highest BCUT2D eigenvalue weighted by Crippen LogP contribution is 2.29. The third-order valence-electron chi connectivity index (χ3n) is 10.5. The van der Waals surface area contributed by atoms with Gasteiger partial charge in [0.25, 0.3) is 5.91 Å². The number of aliphatic hydroxyl groups is 1. The van der Waals surface area contributed by atoms with Crippen molar-refractivity contribution in [2.45, 2.75) is 62.1 Å². The normalized spacial score (nSPS) is 21.1. The van der Waals surface area contributed by atoms with Crippen LogP contribution < -0.4 is 31.9 Å². The van der Waals surface area contributed by atoms with Gasteiger partial charge in [-0.1, -0.05) is 72.3 Å². The number of nitrogens with one attached hydrogen (secondary N) is 7. The molecule has 1 saturated heterocycles. The van der Waals surface area contributed by atoms with Crippen LogP contribution in [0.5, 0.6) is 23.0 Å². The molecule has 0 saturated carbocycles. The van der Waals surface area contributed by atoms with Crippen molar-refractivity contribution in [1.29, 1.82) is 0 Å². The third-order valence-corrected chi connectivity index (χ3v) is 10.7. The number of rotatable bonds is 11. The van der Waals surface area contributed by atoms with Crippen LogP contribution in [0.15, 0.2) is 109 Å². The lowest BCUT2D eigenvalue weighted by molar-refractivity contribution is -0.156. The number of cyclic esters (lactones) is 1. The monoisotopic (exact) mass is 939 g/mol. The van der Waals surface area contributed by atoms with Crippen LogP contribution in [-0.2, 0) is 46.3 Å². The number of aliphatic hydroxyl groups excluding tert-OH is 1. The minimum Gasteiger partial charge on any atom is -0.508 e. The van der Waals surface area contributed by atoms with E-state index in [-0.39, 0.29) is 34.8 Å². The molecule has 1 fully saturated rings. The number of aromatic amines is 1. The van der Waals surface area contributed by atoms with Gasteiger partial charge in [0.1, 0.15) is 70.2 Å². The first-order valence-corrected chi connectivity index (χ1v) is 21.0. The Morgan fingerprint density at radius 3 is 1.73 bits per heavy atom. The van der Waals surface area contributed by atoms with E-state index in [2.05, 4.69) is 36.9 Å². The predicted molar refractivity (Wildman–Crippen MR) is 237 cm³/mol. The lowest BCUT2D eigenvalue weighted by Gasteiger charge is -2.31. The Bertz CT molecular complexity index is 2590. The maximum absolute atomic E-state index is 14.6. The van der Waals surface area contributed by atoms with Crippen molar-refractivity contribution in [3.63, 3.8) is 0 Å². The number of esters is 1. The molecule has 4 aromatic carbocycles. The molecule has 1 aliphatic rings. The summed E-state index contributed by atoms with van der Waals surface area (Å²) in [6.45, 7) is 0.155. The summed E-state index contributed by atoms with van der Waals surface area (Å²) in [5.41, 5.74) is 0.565. The number of phenolic OH excluding ortho intramolecular Hbond substituents is 4. The lowest BCUT2D eigenvalue weighted by Crippen LogP contribution is -2.62. The van der Waals surface area contributed by atoms with E-state index < -0.39 is 113 Å². The van der Waals surface area contributed by atoms with Gasteiger partial charge in [0, 0.05) is 25.0 Å². The number of aromatic hydroxyl groups is 4. The number of aromatic nitrogens is 1. The fourth-order valence-corrected chi connectivity index (χ4v) is 7.33. The van der Waals surface area contributed by atoms with Crippen molar-refractivity contribution < 1.29 is 63.8 Å². The Kier molecular flexibility index (Phi) is 15.7. The first kappa shape index (κ1) is 48.4. The van der Waals surface area contributed by atoms with E-state index in [0.29, 0.717) is 11.1 Å². The molecule has 20 nitrogen and oxygen atoms in total. The molecule has 1 unspecified atom stereocenters. The highest BCUT2D eigenvalue weighted by Gasteiger charge is 2.39. The molecule has 21 heteroatoms. The van der Waals surface area contributed by atoms with Crippen molar-refractivity contribution in [2.75, 3.05) is 6.61 Å². The van der Waals surface area contributed by atoms with E-state index in [1.165, 1.54) is 19.1 Å². The molecular weight excluding hydrogens is 894 g/mol. The summed E-state index contributed by atoms with van der Waals surface area (Å²) in [6, 6.07) is 14.9. The van der Waals surface area contributed by atoms with Crippen LogP contribution in [0, 0.1) is 0 Å². The molecule has 6 amide bonds. The molecule has 1 aliphatic heterocycles. The van der Waals surface area contributed by atoms with Crippen molar-refractivity contribution >= 4 is 53.0 Å². The number of benzene rings is 4. The average Bonchev–Trinajstić information content (AvgIpc) is 3.73. The molecule has 7 atom stereocenters. The van der Waals surface area contributed by atoms with Gasteiger partial charge in [0.2, 0.25) is 29.5 Å². The lowest BCUT2D eigenvalue weighted by atomic mass is 10.0. The molecule has 0 spiro atoms. The predicted octanol–water partition coefficient (Wildman–Crippen LogP) is 1.18. The second kappa shape index (κ2) is 21.7. The minimum atomic E-state index is -1.97. The number of hydrogen-bond acceptors (Lipinski definition) is 13. The number of H-pyrrole nitrogens is 1. The summed E-state index contributed by atoms with van der Waals surface area (Å²) in [5, 5.41) is 66.9. The Labute approximate surface area is 386 Å². The number of phenols is 4. The molecule has 0 aliphatic carbocycles. The molecule has 5 aromatic rings. The second-order valence-electron chi connectivity index (χ2n) is 15.5. The molecule has 2 heterocycles. The zero-order chi connectivity index (χ0) is 48.4. The van der Waals surface area contributed by atoms with E-state index in [1.807, 2.05) is 0 Å². The van der Waals surface area contributed by atoms with Crippen LogP contribution in [0.1, 0.15) is 51.7 Å². The van der Waals surface area contributed by atoms with Crippen LogP contribution >= 0.6 is 11.6 Å². The van der Waals surface area contributed by atoms with Crippen molar-refractivity contribution in [3.8, 4) is 23.0 Å². The summed E-state index contributed by atoms with van der Waals surface area (Å²) in [6.07, 6.45) is -2.03. The summed E-state index contributed by atoms with van der Waals surface area (Å²) in [4.78, 5) is 102. The first-order valence-electron chi connectivity index (χ1n) is 20.6. The molecule has 0 radical (unpaired) electrons. The largest absolute Gasteiger partial charge is 0.508 e. The number of carbonyl (C=O) groups excluding carboxylic acids is 7. The second-order valence-corrected chi connectivity index (χ2v) is 15.9. The van der Waals surface area contributed by atoms with Gasteiger partial charge < -0.3 is 67.2 Å². The van der Waals surface area contributed by atoms with Gasteiger partial charge in [0.15, 0.2) is 6.04 Å². The third kappa shape index (κ3) is 12.8. The highest BCUT2D eigenvalue weighted by atomic mass is 35.5. The Morgan fingerprint density at radius 2 is 1.18 bits per heavy atom. The number of halogens is 1. The molecule has 12 N–H and O–H groups in total. The Hall–Kier alpha value is -8.10. The highest BCUT2D eigenvalue weighted by molar-refractivity contribution is 6.29. The van der Waals surface area contributed by atoms with Crippen LogP contribution in [0.2, 0.25) is 5.15 Å². The standard InChI is InChI=1S/C46H46ClN7O13/c1-23-37(52-42(62)34(15-25-10-6-3-7-11-25)49-40(60)32-12-13-36(47)48-32)44(64)50-33(14-24-8-4-2-5-9-24)41(61)51-35(22-55)43(63)53-38(26-16-28(56)20-29(57)17-26)45(65)54-39(46(66)67-23)27-18-30(58)21-31(59)19-27/h2-13,16-21,23,33-35,37-39,48,55-59H,14-15,22H2,1H3,(H,49,60)(H,50,64)(H,51,61)(H,52,62)(H,53,63)(H,54,65)/t23-,33-,34+,35-,37-,38?,39+/m1/s1. The van der Waals surface area contributed by atoms with Crippen LogP contribution in [0.25, 0.3) is 0 Å². The smallest absolute Gasteiger partial charge is 0.333 e. The topological polar surface area (TPSA) is 318 Å². The number of hydrogen-bond donors (Lipinski definition) is 12. The van der Waals surface area contributed by atoms with Gasteiger partial charge in [-0.25, -0.2) is 4.79 Å². The zero-order valence-corrected chi connectivity index (χ0v) is 36.2. The Morgan fingerprint density at radius 1 is 0.657 bits per heavy atom. The van der Waals surface area contributed by atoms with Crippen LogP contribution in [0.4, 0.5) is 0 Å². The maximum Gasteiger partial charge on any atom is 0.333 e. The summed E-state index contributed by atoms with van der Waals surface area (Å²) in [5.74, 6) is -9.83. The molecule has 6 rings (SSSR count). The van der Waals surface area contributed by atoms with E-state index in [9.17, 15) is 59.1 Å². The van der Waals surface area contributed by atoms with E-state index in [4.69, 9.17) is 16.3 Å². The molecule has 1 aromatic heterocycles. The number of ether oxygens (including phenoxy) is 1. The van der Waals surface area contributed by atoms with Crippen molar-refractivity contribution in [1.82, 2.24) is 36.9 Å². The van der Waals surface area contributed by atoms with E-state index >= 15 is 0 Å². The van der Waals surface area contributed by atoms with E-state index in [0.717, 1.165) is 36.4 Å². The fourth-order valence-electron chi connectivity index (χ4n) is 7.17. The van der Waals surface area contributed by atoms with Gasteiger partial charge in [0.05, 0.1) is 6.61 Å². The number of carbonyl (C=O) groups is 7. The van der Waals surface area contributed by atoms with Crippen molar-refractivity contribution in [2.24, 2.45) is 0 Å². The summed E-state index contributed by atoms with van der Waals surface area (Å²) in [7, 11) is 0. The Balaban J connectivity index is 1.44. The zero-order valence-electron chi connectivity index (χ0n) is 35.4. The van der Waals surface area contributed by atoms with Crippen molar-refractivity contribution in [3.05, 3.63) is 142 Å². The number of amides is 6. The first-order chi connectivity index (χ1) is 32.0. The van der Waals surface area contributed by atoms with Gasteiger partial charge in [-0.05, 0) is 65.6 Å². The average molecular weight is 940 g/mol. The molecular formula is C46H46ClN7O13. The van der Waals surface area contributed by atoms with Crippen LogP contribution in [-0.4, -0.2) is 109 Å². The summed E-state index contributed by atoms with van der Waals surface area (Å²) >= 11 is 6.01. The summed E-state index contributed by atoms with van der Waals surface area (Å²) < 4.78 is 5.80. The maximum atomic E-state index is 14.6. The van der Waals surface area contributed by atoms with Gasteiger partial charge >= 0.3 is 5.97 Å². The minimum absolute atomic E-state index is 0.000534. The fraction of sp³-hybridized carbons (Fsp3) is 0.239. The quantitative estimate of drug-likeness (QED) is 0.0830. The van der Waals surface area contributed by atoms with Gasteiger partial charge in [-0.2, -0.15) is 0 Å². The van der Waals surface area contributed by atoms with Gasteiger partial charge in [-0.3, -0.25) is 28.8 Å². The van der Waals surface area contributed by atoms with Crippen LogP contribution in [0.3, 0.4) is 0 Å². The van der Waals surface area contributed by atoms with E-state index in [1.54, 1.807) is 60.7 Å². The molecule has 67 heavy (non-hydrogen) atoms. The van der Waals surface area contributed by atoms with Gasteiger partial charge in [-0.15, -0.1) is 0 Å². The molecule has 0 bridgehead atoms. The SMILES string of the molecule is C[C@H]1OC(=O)[C@H](c2cc(O)cc(O)c2)NC(=O)C(c2cc(O)cc(O)c2)NC(=O)[C@@H](CO)NC(=O)[C@@H](Cc2ccccc2)NC(=O)[C@@H]1NC(=O)[C@H](Cc1ccccc1)NC(=O)c1ccc(Cl)[nH]1.